The zero-order valence-corrected chi connectivity index (χ0v) is 9.46. The molecule has 1 saturated carbocycles. The summed E-state index contributed by atoms with van der Waals surface area (Å²) in [4.78, 5) is 10.7. The SMILES string of the molecule is CC(CC(N)=O)NCC1(CCO)CCC1. The van der Waals surface area contributed by atoms with Crippen LogP contribution in [0.3, 0.4) is 0 Å². The Bertz CT molecular complexity index is 215. The number of rotatable bonds is 7. The molecule has 0 heterocycles. The predicted octanol–water partition coefficient (Wildman–Crippen LogP) is 0.393. The van der Waals surface area contributed by atoms with Gasteiger partial charge in [-0.3, -0.25) is 4.79 Å². The quantitative estimate of drug-likeness (QED) is 0.574. The number of amides is 1. The van der Waals surface area contributed by atoms with Gasteiger partial charge < -0.3 is 16.2 Å². The number of aliphatic hydroxyl groups excluding tert-OH is 1. The lowest BCUT2D eigenvalue weighted by Gasteiger charge is -2.42. The molecule has 0 spiro atoms. The summed E-state index contributed by atoms with van der Waals surface area (Å²) in [6.45, 7) is 3.12. The van der Waals surface area contributed by atoms with Crippen molar-refractivity contribution in [1.29, 1.82) is 0 Å². The molecule has 4 N–H and O–H groups in total. The molecule has 1 atom stereocenters. The van der Waals surface area contributed by atoms with Gasteiger partial charge in [-0.05, 0) is 31.6 Å². The first-order valence-corrected chi connectivity index (χ1v) is 5.70. The first kappa shape index (κ1) is 12.5. The summed E-state index contributed by atoms with van der Waals surface area (Å²) >= 11 is 0. The minimum Gasteiger partial charge on any atom is -0.396 e. The van der Waals surface area contributed by atoms with E-state index in [1.165, 1.54) is 19.3 Å². The molecule has 0 aromatic rings. The van der Waals surface area contributed by atoms with Gasteiger partial charge in [-0.1, -0.05) is 6.42 Å². The van der Waals surface area contributed by atoms with Crippen LogP contribution in [0.5, 0.6) is 0 Å². The predicted molar refractivity (Wildman–Crippen MR) is 59.3 cm³/mol. The maximum absolute atomic E-state index is 10.7. The molecule has 0 aliphatic heterocycles. The average Bonchev–Trinajstić information content (AvgIpc) is 2.08. The van der Waals surface area contributed by atoms with Crippen LogP contribution in [0.2, 0.25) is 0 Å². The molecule has 1 amide bonds. The van der Waals surface area contributed by atoms with E-state index in [-0.39, 0.29) is 24.0 Å². The van der Waals surface area contributed by atoms with Crippen molar-refractivity contribution in [3.63, 3.8) is 0 Å². The largest absolute Gasteiger partial charge is 0.396 e. The fraction of sp³-hybridized carbons (Fsp3) is 0.909. The van der Waals surface area contributed by atoms with Crippen LogP contribution in [-0.4, -0.2) is 30.2 Å². The molecule has 1 rings (SSSR count). The molecule has 1 aliphatic rings. The fourth-order valence-corrected chi connectivity index (χ4v) is 2.19. The van der Waals surface area contributed by atoms with Crippen LogP contribution in [0.1, 0.15) is 39.0 Å². The van der Waals surface area contributed by atoms with Gasteiger partial charge in [0.25, 0.3) is 0 Å². The van der Waals surface area contributed by atoms with E-state index in [1.54, 1.807) is 0 Å². The van der Waals surface area contributed by atoms with Crippen LogP contribution in [0.4, 0.5) is 0 Å². The molecular weight excluding hydrogens is 192 g/mol. The lowest BCUT2D eigenvalue weighted by molar-refractivity contribution is -0.118. The molecule has 0 bridgehead atoms. The van der Waals surface area contributed by atoms with Gasteiger partial charge in [-0.25, -0.2) is 0 Å². The number of carbonyl (C=O) groups excluding carboxylic acids is 1. The molecule has 15 heavy (non-hydrogen) atoms. The molecular formula is C11H22N2O2. The third kappa shape index (κ3) is 3.80. The summed E-state index contributed by atoms with van der Waals surface area (Å²) in [5.74, 6) is -0.264. The number of aliphatic hydroxyl groups is 1. The van der Waals surface area contributed by atoms with Crippen molar-refractivity contribution >= 4 is 5.91 Å². The minimum atomic E-state index is -0.264. The van der Waals surface area contributed by atoms with Crippen LogP contribution in [0, 0.1) is 5.41 Å². The van der Waals surface area contributed by atoms with Gasteiger partial charge >= 0.3 is 0 Å². The number of hydrogen-bond acceptors (Lipinski definition) is 3. The van der Waals surface area contributed by atoms with E-state index >= 15 is 0 Å². The number of nitrogens with one attached hydrogen (secondary N) is 1. The van der Waals surface area contributed by atoms with Crippen molar-refractivity contribution < 1.29 is 9.90 Å². The lowest BCUT2D eigenvalue weighted by Crippen LogP contribution is -2.44. The van der Waals surface area contributed by atoms with Crippen LogP contribution in [0.25, 0.3) is 0 Å². The van der Waals surface area contributed by atoms with Crippen molar-refractivity contribution in [3.05, 3.63) is 0 Å². The minimum absolute atomic E-state index is 0.138. The van der Waals surface area contributed by atoms with Crippen LogP contribution >= 0.6 is 0 Å². The topological polar surface area (TPSA) is 75.4 Å². The smallest absolute Gasteiger partial charge is 0.218 e. The first-order chi connectivity index (χ1) is 7.08. The van der Waals surface area contributed by atoms with Crippen LogP contribution in [0.15, 0.2) is 0 Å². The van der Waals surface area contributed by atoms with Gasteiger partial charge in [-0.2, -0.15) is 0 Å². The molecule has 4 heteroatoms. The molecule has 4 nitrogen and oxygen atoms in total. The van der Waals surface area contributed by atoms with E-state index in [0.29, 0.717) is 6.42 Å². The molecule has 1 fully saturated rings. The van der Waals surface area contributed by atoms with Crippen molar-refractivity contribution in [2.75, 3.05) is 13.2 Å². The Labute approximate surface area is 91.2 Å². The summed E-state index contributed by atoms with van der Waals surface area (Å²) in [5, 5.41) is 12.3. The van der Waals surface area contributed by atoms with E-state index in [2.05, 4.69) is 5.32 Å². The van der Waals surface area contributed by atoms with Crippen molar-refractivity contribution in [3.8, 4) is 0 Å². The van der Waals surface area contributed by atoms with Crippen LogP contribution < -0.4 is 11.1 Å². The van der Waals surface area contributed by atoms with Crippen molar-refractivity contribution in [2.45, 2.75) is 45.1 Å². The van der Waals surface area contributed by atoms with Gasteiger partial charge in [0, 0.05) is 25.6 Å². The second-order valence-corrected chi connectivity index (χ2v) is 4.78. The fourth-order valence-electron chi connectivity index (χ4n) is 2.19. The maximum atomic E-state index is 10.7. The number of nitrogens with two attached hydrogens (primary N) is 1. The Hall–Kier alpha value is -0.610. The highest BCUT2D eigenvalue weighted by molar-refractivity contribution is 5.74. The molecule has 0 radical (unpaired) electrons. The lowest BCUT2D eigenvalue weighted by atomic mass is 9.66. The highest BCUT2D eigenvalue weighted by atomic mass is 16.3. The van der Waals surface area contributed by atoms with E-state index in [1.807, 2.05) is 6.92 Å². The monoisotopic (exact) mass is 214 g/mol. The van der Waals surface area contributed by atoms with E-state index < -0.39 is 0 Å². The Balaban J connectivity index is 2.25. The number of hydrogen-bond donors (Lipinski definition) is 3. The Morgan fingerprint density at radius 3 is 2.67 bits per heavy atom. The highest BCUT2D eigenvalue weighted by Crippen LogP contribution is 2.43. The third-order valence-corrected chi connectivity index (χ3v) is 3.39. The maximum Gasteiger partial charge on any atom is 0.218 e. The van der Waals surface area contributed by atoms with Gasteiger partial charge in [0.1, 0.15) is 0 Å². The standard InChI is InChI=1S/C11H22N2O2/c1-9(7-10(12)15)13-8-11(5-6-14)3-2-4-11/h9,13-14H,2-8H2,1H3,(H2,12,15). The summed E-state index contributed by atoms with van der Waals surface area (Å²) in [5.41, 5.74) is 5.40. The van der Waals surface area contributed by atoms with Gasteiger partial charge in [0.2, 0.25) is 5.91 Å². The van der Waals surface area contributed by atoms with Gasteiger partial charge in [0.15, 0.2) is 0 Å². The second kappa shape index (κ2) is 5.47. The van der Waals surface area contributed by atoms with Crippen LogP contribution in [-0.2, 0) is 4.79 Å². The van der Waals surface area contributed by atoms with E-state index in [4.69, 9.17) is 10.8 Å². The second-order valence-electron chi connectivity index (χ2n) is 4.78. The van der Waals surface area contributed by atoms with Crippen molar-refractivity contribution in [2.24, 2.45) is 11.1 Å². The highest BCUT2D eigenvalue weighted by Gasteiger charge is 2.36. The summed E-state index contributed by atoms with van der Waals surface area (Å²) in [7, 11) is 0. The number of carbonyl (C=O) groups is 1. The van der Waals surface area contributed by atoms with E-state index in [0.717, 1.165) is 13.0 Å². The molecule has 0 saturated heterocycles. The normalized spacial score (nSPS) is 20.7. The van der Waals surface area contributed by atoms with Gasteiger partial charge in [-0.15, -0.1) is 0 Å². The number of primary amides is 1. The zero-order chi connectivity index (χ0) is 11.3. The molecule has 88 valence electrons. The van der Waals surface area contributed by atoms with E-state index in [9.17, 15) is 4.79 Å². The zero-order valence-electron chi connectivity index (χ0n) is 9.46. The molecule has 0 aromatic carbocycles. The summed E-state index contributed by atoms with van der Waals surface area (Å²) in [6, 6.07) is 0.138. The molecule has 1 aliphatic carbocycles. The first-order valence-electron chi connectivity index (χ1n) is 5.70. The summed E-state index contributed by atoms with van der Waals surface area (Å²) < 4.78 is 0. The molecule has 1 unspecified atom stereocenters. The van der Waals surface area contributed by atoms with Gasteiger partial charge in [0.05, 0.1) is 0 Å². The Morgan fingerprint density at radius 2 is 2.27 bits per heavy atom. The average molecular weight is 214 g/mol. The Kier molecular flexibility index (Phi) is 4.54. The summed E-state index contributed by atoms with van der Waals surface area (Å²) in [6.07, 6.45) is 4.87. The Morgan fingerprint density at radius 1 is 1.60 bits per heavy atom. The van der Waals surface area contributed by atoms with Crippen molar-refractivity contribution in [1.82, 2.24) is 5.32 Å². The molecule has 0 aromatic heterocycles. The third-order valence-electron chi connectivity index (χ3n) is 3.39.